The summed E-state index contributed by atoms with van der Waals surface area (Å²) in [5, 5.41) is 5.37. The van der Waals surface area contributed by atoms with Gasteiger partial charge in [0.15, 0.2) is 86.9 Å². The monoisotopic (exact) mass is 1320 g/mol. The van der Waals surface area contributed by atoms with Crippen LogP contribution in [0.15, 0.2) is 109 Å². The average molecular weight is 1320 g/mol. The van der Waals surface area contributed by atoms with Crippen LogP contribution in [0, 0.1) is 57.9 Å². The zero-order chi connectivity index (χ0) is 68.8. The Morgan fingerprint density at radius 1 is 0.452 bits per heavy atom. The molecule has 6 aromatic rings. The second-order valence-electron chi connectivity index (χ2n) is 22.3. The number of rotatable bonds is 15. The molecule has 2 N–H and O–H groups in total. The first kappa shape index (κ1) is 69.9. The summed E-state index contributed by atoms with van der Waals surface area (Å²) in [4.78, 5) is 92.7. The predicted molar refractivity (Wildman–Crippen MR) is 358 cm³/mol. The lowest BCUT2D eigenvalue weighted by Gasteiger charge is -2.29. The number of hydrogen-bond donors (Lipinski definition) is 2. The summed E-state index contributed by atoms with van der Waals surface area (Å²) in [6.07, 6.45) is 0. The van der Waals surface area contributed by atoms with Crippen LogP contribution < -0.4 is 54.2 Å². The van der Waals surface area contributed by atoms with E-state index < -0.39 is 46.6 Å². The topological polar surface area (TPSA) is 196 Å². The number of methoxy groups -OCH3 is 1. The second kappa shape index (κ2) is 28.3. The van der Waals surface area contributed by atoms with Crippen molar-refractivity contribution in [1.29, 1.82) is 0 Å². The van der Waals surface area contributed by atoms with Gasteiger partial charge in [-0.15, -0.1) is 0 Å². The Morgan fingerprint density at radius 3 is 0.935 bits per heavy atom. The molecule has 21 nitrogen and oxygen atoms in total. The SMILES string of the molecule is [C-]#[N+]c1ccc(N2C(=O)C(C)(C)N(c3ccc(OCC(=O)NC)c(F)c3)C2=S)cc1C.[C-]#[N+]c1ccc(N2C(=O)C(C)(C)N(c3ccc(OCC(=O)NC)c(F)c3)C2=S)cc1C.[C-]#[N+]c1ccc(N2C(=O)C(C)(C)N(c3ccc(OCC(=O)OC)c(F)c3)C2=S)cc1C. The number of amides is 5. The van der Waals surface area contributed by atoms with E-state index in [1.165, 1.54) is 72.3 Å². The number of nitrogens with one attached hydrogen (secondary N) is 2. The lowest BCUT2D eigenvalue weighted by molar-refractivity contribution is -0.143. The molecule has 0 spiro atoms. The van der Waals surface area contributed by atoms with Crippen molar-refractivity contribution in [2.45, 2.75) is 78.9 Å². The quantitative estimate of drug-likeness (QED) is 0.0559. The fourth-order valence-electron chi connectivity index (χ4n) is 9.95. The largest absolute Gasteiger partial charge is 0.481 e. The van der Waals surface area contributed by atoms with Crippen molar-refractivity contribution >= 4 is 139 Å². The van der Waals surface area contributed by atoms with Crippen molar-refractivity contribution < 1.29 is 60.9 Å². The molecular formula is C66H62F3N11O10S3. The molecule has 0 aliphatic carbocycles. The zero-order valence-electron chi connectivity index (χ0n) is 52.5. The van der Waals surface area contributed by atoms with Gasteiger partial charge in [0.25, 0.3) is 29.5 Å². The molecule has 0 bridgehead atoms. The molecule has 3 aliphatic rings. The third-order valence-corrected chi connectivity index (χ3v) is 16.1. The van der Waals surface area contributed by atoms with Crippen molar-refractivity contribution in [1.82, 2.24) is 10.6 Å². The molecule has 5 amide bonds. The summed E-state index contributed by atoms with van der Waals surface area (Å²) in [5.74, 6) is -4.56. The summed E-state index contributed by atoms with van der Waals surface area (Å²) in [5.41, 5.74) is 3.17. The molecule has 0 radical (unpaired) electrons. The number of carbonyl (C=O) groups is 6. The summed E-state index contributed by atoms with van der Waals surface area (Å²) in [6, 6.07) is 27.6. The maximum absolute atomic E-state index is 14.6. The van der Waals surface area contributed by atoms with Gasteiger partial charge in [-0.1, -0.05) is 18.2 Å². The van der Waals surface area contributed by atoms with Crippen LogP contribution >= 0.6 is 36.7 Å². The van der Waals surface area contributed by atoms with Gasteiger partial charge in [-0.3, -0.25) is 38.7 Å². The highest BCUT2D eigenvalue weighted by Gasteiger charge is 2.53. The molecule has 0 unspecified atom stereocenters. The van der Waals surface area contributed by atoms with Gasteiger partial charge < -0.3 is 44.3 Å². The lowest BCUT2D eigenvalue weighted by Crippen LogP contribution is -2.44. The van der Waals surface area contributed by atoms with Crippen molar-refractivity contribution in [3.8, 4) is 17.2 Å². The van der Waals surface area contributed by atoms with Crippen LogP contribution in [0.1, 0.15) is 58.2 Å². The summed E-state index contributed by atoms with van der Waals surface area (Å²) >= 11 is 16.8. The molecule has 3 saturated heterocycles. The molecule has 3 heterocycles. The van der Waals surface area contributed by atoms with Gasteiger partial charge in [0, 0.05) is 66.4 Å². The molecular weight excluding hydrogens is 1260 g/mol. The second-order valence-corrected chi connectivity index (χ2v) is 23.4. The van der Waals surface area contributed by atoms with Gasteiger partial charge in [0.05, 0.1) is 26.8 Å². The van der Waals surface area contributed by atoms with Crippen LogP contribution in [-0.4, -0.2) is 108 Å². The van der Waals surface area contributed by atoms with Crippen molar-refractivity contribution in [3.05, 3.63) is 178 Å². The zero-order valence-corrected chi connectivity index (χ0v) is 54.9. The van der Waals surface area contributed by atoms with Crippen LogP contribution in [0.4, 0.5) is 64.4 Å². The van der Waals surface area contributed by atoms with Gasteiger partial charge in [0.1, 0.15) is 16.6 Å². The molecule has 6 aromatic carbocycles. The number of likely N-dealkylation sites (N-methyl/N-ethyl adjacent to an activating group) is 2. The fraction of sp³-hybridized carbons (Fsp3) is 0.273. The van der Waals surface area contributed by atoms with E-state index in [1.807, 2.05) is 0 Å². The average Bonchev–Trinajstić information content (AvgIpc) is 1.61. The van der Waals surface area contributed by atoms with Crippen LogP contribution in [0.2, 0.25) is 0 Å². The standard InChI is InChI=1S/2C22H21FN4O3S.C22H20FN3O4S/c2*1-13-10-14(6-8-17(13)24-4)26-20(29)22(2,3)27(21(26)31)15-7-9-18(16(23)11-15)30-12-19(28)25-5;1-13-10-14(6-8-17(13)24-4)25-20(28)22(2,3)26(21(25)31)15-7-9-18(16(23)11-15)30-12-19(27)29-5/h2*6-11H,12H2,1-3,5H3,(H,25,28);6-11H,12H2,1-3,5H3. The number of nitrogens with zero attached hydrogens (tertiary/aromatic N) is 9. The number of hydrogen-bond acceptors (Lipinski definition) is 13. The fourth-order valence-corrected chi connectivity index (χ4v) is 11.5. The van der Waals surface area contributed by atoms with Crippen LogP contribution in [0.25, 0.3) is 14.5 Å². The minimum Gasteiger partial charge on any atom is -0.481 e. The Kier molecular flexibility index (Phi) is 21.3. The highest BCUT2D eigenvalue weighted by atomic mass is 32.1. The van der Waals surface area contributed by atoms with Gasteiger partial charge in [0.2, 0.25) is 0 Å². The molecule has 480 valence electrons. The van der Waals surface area contributed by atoms with Crippen molar-refractivity contribution in [3.63, 3.8) is 0 Å². The van der Waals surface area contributed by atoms with Crippen molar-refractivity contribution in [2.24, 2.45) is 0 Å². The van der Waals surface area contributed by atoms with E-state index in [9.17, 15) is 41.9 Å². The molecule has 0 saturated carbocycles. The summed E-state index contributed by atoms with van der Waals surface area (Å²) in [7, 11) is 4.13. The maximum Gasteiger partial charge on any atom is 0.343 e. The number of benzene rings is 6. The summed E-state index contributed by atoms with van der Waals surface area (Å²) in [6.45, 7) is 36.1. The van der Waals surface area contributed by atoms with E-state index in [4.69, 9.17) is 70.6 Å². The maximum atomic E-state index is 14.6. The smallest absolute Gasteiger partial charge is 0.343 e. The number of thiocarbonyl (C=S) groups is 3. The molecule has 0 aromatic heterocycles. The Bertz CT molecular complexity index is 3800. The Balaban J connectivity index is 0.000000198. The first-order chi connectivity index (χ1) is 43.8. The molecule has 27 heteroatoms. The lowest BCUT2D eigenvalue weighted by atomic mass is 10.0. The van der Waals surface area contributed by atoms with Crippen LogP contribution in [-0.2, 0) is 33.5 Å². The minimum absolute atomic E-state index is 0.0798. The van der Waals surface area contributed by atoms with Gasteiger partial charge >= 0.3 is 5.97 Å². The Morgan fingerprint density at radius 2 is 0.710 bits per heavy atom. The van der Waals surface area contributed by atoms with Crippen LogP contribution in [0.5, 0.6) is 17.2 Å². The highest BCUT2D eigenvalue weighted by molar-refractivity contribution is 7.81. The van der Waals surface area contributed by atoms with Crippen LogP contribution in [0.3, 0.4) is 0 Å². The van der Waals surface area contributed by atoms with Crippen molar-refractivity contribution in [2.75, 3.05) is 70.4 Å². The van der Waals surface area contributed by atoms with E-state index >= 15 is 0 Å². The normalized spacial score (nSPS) is 15.1. The van der Waals surface area contributed by atoms with E-state index in [0.717, 1.165) is 16.7 Å². The van der Waals surface area contributed by atoms with E-state index in [0.29, 0.717) is 51.2 Å². The third-order valence-electron chi connectivity index (χ3n) is 15.1. The summed E-state index contributed by atoms with van der Waals surface area (Å²) < 4.78 is 63.9. The van der Waals surface area contributed by atoms with E-state index in [1.54, 1.807) is 150 Å². The Labute approximate surface area is 551 Å². The molecule has 9 rings (SSSR count). The first-order valence-corrected chi connectivity index (χ1v) is 29.3. The predicted octanol–water partition coefficient (Wildman–Crippen LogP) is 11.6. The number of aryl methyl sites for hydroxylation is 3. The van der Waals surface area contributed by atoms with Gasteiger partial charge in [-0.25, -0.2) is 32.5 Å². The minimum atomic E-state index is -1.08. The van der Waals surface area contributed by atoms with E-state index in [-0.39, 0.29) is 75.3 Å². The molecule has 3 fully saturated rings. The third kappa shape index (κ3) is 14.2. The number of anilines is 6. The molecule has 3 aliphatic heterocycles. The number of esters is 1. The van der Waals surface area contributed by atoms with Gasteiger partial charge in [-0.05, 0) is 188 Å². The molecule has 93 heavy (non-hydrogen) atoms. The highest BCUT2D eigenvalue weighted by Crippen LogP contribution is 2.42. The molecule has 0 atom stereocenters. The van der Waals surface area contributed by atoms with Gasteiger partial charge in [-0.2, -0.15) is 0 Å². The number of halogens is 3. The Hall–Kier alpha value is -10.5. The van der Waals surface area contributed by atoms with E-state index in [2.05, 4.69) is 29.9 Å². The number of ether oxygens (including phenoxy) is 4. The first-order valence-electron chi connectivity index (χ1n) is 28.1. The number of carbonyl (C=O) groups excluding carboxylic acids is 6.